The van der Waals surface area contributed by atoms with Crippen LogP contribution in [0.4, 0.5) is 0 Å². The Hall–Kier alpha value is -1.31. The molecule has 4 aliphatic rings. The molecule has 4 atom stereocenters. The summed E-state index contributed by atoms with van der Waals surface area (Å²) in [6.07, 6.45) is 7.30. The highest BCUT2D eigenvalue weighted by atomic mass is 16.2. The Morgan fingerprint density at radius 2 is 1.64 bits per heavy atom. The number of aryl methyl sites for hydroxylation is 1. The molecule has 2 unspecified atom stereocenters. The quantitative estimate of drug-likeness (QED) is 0.810. The van der Waals surface area contributed by atoms with Crippen LogP contribution in [0, 0.1) is 24.2 Å². The third-order valence-electron chi connectivity index (χ3n) is 6.58. The van der Waals surface area contributed by atoms with Crippen molar-refractivity contribution < 1.29 is 4.79 Å². The van der Waals surface area contributed by atoms with E-state index in [9.17, 15) is 4.79 Å². The first-order chi connectivity index (χ1) is 10.4. The zero-order valence-corrected chi connectivity index (χ0v) is 14.1. The van der Waals surface area contributed by atoms with Crippen LogP contribution >= 0.6 is 0 Å². The van der Waals surface area contributed by atoms with Crippen molar-refractivity contribution >= 4 is 5.91 Å². The number of hydrogen-bond donors (Lipinski definition) is 0. The van der Waals surface area contributed by atoms with E-state index in [4.69, 9.17) is 0 Å². The van der Waals surface area contributed by atoms with Gasteiger partial charge in [0, 0.05) is 14.1 Å². The van der Waals surface area contributed by atoms with Crippen molar-refractivity contribution in [2.45, 2.75) is 50.9 Å². The number of amides is 1. The van der Waals surface area contributed by atoms with Gasteiger partial charge in [0.1, 0.15) is 0 Å². The predicted molar refractivity (Wildman–Crippen MR) is 88.7 cm³/mol. The first kappa shape index (κ1) is 14.3. The summed E-state index contributed by atoms with van der Waals surface area (Å²) in [6, 6.07) is 9.15. The van der Waals surface area contributed by atoms with E-state index in [-0.39, 0.29) is 10.8 Å². The lowest BCUT2D eigenvalue weighted by Gasteiger charge is -2.62. The van der Waals surface area contributed by atoms with Gasteiger partial charge >= 0.3 is 0 Å². The zero-order valence-electron chi connectivity index (χ0n) is 14.1. The van der Waals surface area contributed by atoms with Gasteiger partial charge in [-0.05, 0) is 68.3 Å². The molecule has 4 fully saturated rings. The smallest absolute Gasteiger partial charge is 0.228 e. The van der Waals surface area contributed by atoms with Crippen LogP contribution in [0.25, 0.3) is 0 Å². The first-order valence-corrected chi connectivity index (χ1v) is 8.71. The zero-order chi connectivity index (χ0) is 15.5. The minimum Gasteiger partial charge on any atom is -0.348 e. The van der Waals surface area contributed by atoms with Crippen molar-refractivity contribution in [3.05, 3.63) is 35.4 Å². The maximum Gasteiger partial charge on any atom is 0.228 e. The molecule has 22 heavy (non-hydrogen) atoms. The number of rotatable bonds is 2. The van der Waals surface area contributed by atoms with Gasteiger partial charge in [-0.25, -0.2) is 0 Å². The molecule has 1 amide bonds. The van der Waals surface area contributed by atoms with Gasteiger partial charge in [-0.2, -0.15) is 0 Å². The largest absolute Gasteiger partial charge is 0.348 e. The number of nitrogens with zero attached hydrogens (tertiary/aromatic N) is 1. The fraction of sp³-hybridized carbons (Fsp3) is 0.650. The molecule has 0 spiro atoms. The molecule has 0 radical (unpaired) electrons. The number of carbonyl (C=O) groups excluding carboxylic acids is 1. The Kier molecular flexibility index (Phi) is 2.99. The van der Waals surface area contributed by atoms with Crippen LogP contribution < -0.4 is 0 Å². The van der Waals surface area contributed by atoms with Crippen LogP contribution in [0.2, 0.25) is 0 Å². The molecule has 0 saturated heterocycles. The van der Waals surface area contributed by atoms with Gasteiger partial charge in [0.25, 0.3) is 0 Å². The van der Waals surface area contributed by atoms with Crippen LogP contribution in [0.3, 0.4) is 0 Å². The maximum atomic E-state index is 13.0. The van der Waals surface area contributed by atoms with E-state index in [0.717, 1.165) is 31.1 Å². The molecule has 5 rings (SSSR count). The standard InChI is InChI=1S/C20H27NO/c1-14-4-6-17(7-5-14)19-9-15-8-16(10-19)12-20(11-15,13-19)18(22)21(2)3/h4-7,15-16H,8-13H2,1-3H3/t15-,16+,19?,20?. The summed E-state index contributed by atoms with van der Waals surface area (Å²) in [7, 11) is 3.86. The number of carbonyl (C=O) groups is 1. The van der Waals surface area contributed by atoms with E-state index in [1.165, 1.54) is 30.4 Å². The van der Waals surface area contributed by atoms with Crippen molar-refractivity contribution in [1.29, 1.82) is 0 Å². The van der Waals surface area contributed by atoms with Crippen molar-refractivity contribution in [2.24, 2.45) is 17.3 Å². The molecule has 0 aliphatic heterocycles. The van der Waals surface area contributed by atoms with Gasteiger partial charge in [-0.3, -0.25) is 4.79 Å². The van der Waals surface area contributed by atoms with Gasteiger partial charge in [0.15, 0.2) is 0 Å². The van der Waals surface area contributed by atoms with Crippen LogP contribution in [0.15, 0.2) is 24.3 Å². The summed E-state index contributed by atoms with van der Waals surface area (Å²) < 4.78 is 0. The topological polar surface area (TPSA) is 20.3 Å². The van der Waals surface area contributed by atoms with Crippen molar-refractivity contribution in [2.75, 3.05) is 14.1 Å². The Morgan fingerprint density at radius 3 is 2.18 bits per heavy atom. The summed E-state index contributed by atoms with van der Waals surface area (Å²) in [5.74, 6) is 1.90. The first-order valence-electron chi connectivity index (χ1n) is 8.71. The minimum atomic E-state index is -0.0710. The van der Waals surface area contributed by atoms with Gasteiger partial charge < -0.3 is 4.90 Å². The van der Waals surface area contributed by atoms with Crippen molar-refractivity contribution in [1.82, 2.24) is 4.90 Å². The van der Waals surface area contributed by atoms with Gasteiger partial charge in [-0.1, -0.05) is 29.8 Å². The molecule has 0 N–H and O–H groups in total. The maximum absolute atomic E-state index is 13.0. The second-order valence-corrected chi connectivity index (χ2v) is 8.59. The third-order valence-corrected chi connectivity index (χ3v) is 6.58. The van der Waals surface area contributed by atoms with E-state index in [0.29, 0.717) is 5.91 Å². The predicted octanol–water partition coefficient (Wildman–Crippen LogP) is 3.92. The molecule has 0 aromatic heterocycles. The average Bonchev–Trinajstić information content (AvgIpc) is 2.45. The van der Waals surface area contributed by atoms with E-state index < -0.39 is 0 Å². The van der Waals surface area contributed by atoms with Gasteiger partial charge in [-0.15, -0.1) is 0 Å². The molecule has 0 heterocycles. The van der Waals surface area contributed by atoms with E-state index >= 15 is 0 Å². The average molecular weight is 297 g/mol. The SMILES string of the molecule is Cc1ccc(C23C[C@@H]4C[C@@H](CC(C(=O)N(C)C)(C4)C2)C3)cc1. The van der Waals surface area contributed by atoms with Gasteiger partial charge in [0.05, 0.1) is 5.41 Å². The van der Waals surface area contributed by atoms with Gasteiger partial charge in [0.2, 0.25) is 5.91 Å². The second kappa shape index (κ2) is 4.59. The summed E-state index contributed by atoms with van der Waals surface area (Å²) in [4.78, 5) is 14.8. The fourth-order valence-corrected chi connectivity index (χ4v) is 6.23. The molecule has 2 nitrogen and oxygen atoms in total. The van der Waals surface area contributed by atoms with Crippen LogP contribution in [0.1, 0.15) is 49.7 Å². The van der Waals surface area contributed by atoms with Crippen molar-refractivity contribution in [3.63, 3.8) is 0 Å². The Balaban J connectivity index is 1.76. The second-order valence-electron chi connectivity index (χ2n) is 8.59. The lowest BCUT2D eigenvalue weighted by atomic mass is 9.42. The number of benzene rings is 1. The van der Waals surface area contributed by atoms with E-state index in [2.05, 4.69) is 31.2 Å². The molecule has 1 aromatic carbocycles. The molecule has 4 saturated carbocycles. The Labute approximate surface area is 133 Å². The molecule has 1 aromatic rings. The Morgan fingerprint density at radius 1 is 1.05 bits per heavy atom. The molecular weight excluding hydrogens is 270 g/mol. The molecule has 4 aliphatic carbocycles. The lowest BCUT2D eigenvalue weighted by molar-refractivity contribution is -0.157. The lowest BCUT2D eigenvalue weighted by Crippen LogP contribution is -2.58. The van der Waals surface area contributed by atoms with Crippen LogP contribution in [-0.4, -0.2) is 24.9 Å². The Bertz CT molecular complexity index is 587. The molecular formula is C20H27NO. The summed E-state index contributed by atoms with van der Waals surface area (Å²) in [5, 5.41) is 0. The normalized spacial score (nSPS) is 39.0. The minimum absolute atomic E-state index is 0.0710. The summed E-state index contributed by atoms with van der Waals surface area (Å²) in [5.41, 5.74) is 3.01. The third kappa shape index (κ3) is 1.96. The molecule has 2 heteroatoms. The highest BCUT2D eigenvalue weighted by Gasteiger charge is 2.61. The monoisotopic (exact) mass is 297 g/mol. The van der Waals surface area contributed by atoms with Crippen molar-refractivity contribution in [3.8, 4) is 0 Å². The van der Waals surface area contributed by atoms with Crippen LogP contribution in [-0.2, 0) is 10.2 Å². The summed E-state index contributed by atoms with van der Waals surface area (Å²) >= 11 is 0. The highest BCUT2D eigenvalue weighted by Crippen LogP contribution is 2.66. The van der Waals surface area contributed by atoms with E-state index in [1.807, 2.05) is 19.0 Å². The van der Waals surface area contributed by atoms with E-state index in [1.54, 1.807) is 0 Å². The van der Waals surface area contributed by atoms with Crippen LogP contribution in [0.5, 0.6) is 0 Å². The molecule has 4 bridgehead atoms. The fourth-order valence-electron chi connectivity index (χ4n) is 6.23. The number of hydrogen-bond acceptors (Lipinski definition) is 1. The molecule has 118 valence electrons. The highest BCUT2D eigenvalue weighted by molar-refractivity contribution is 5.83. The summed E-state index contributed by atoms with van der Waals surface area (Å²) in [6.45, 7) is 2.15.